The maximum Gasteiger partial charge on any atom is 0.0785 e. The number of hydrogen-bond acceptors (Lipinski definition) is 1. The molecular weight excluding hydrogens is 136 g/mol. The smallest absolute Gasteiger partial charge is 0.0785 e. The fourth-order valence-corrected chi connectivity index (χ4v) is 2.05. The Bertz CT molecular complexity index is 172. The van der Waals surface area contributed by atoms with Gasteiger partial charge in [-0.05, 0) is 37.2 Å². The Labute approximate surface area is 68.4 Å². The maximum absolute atomic E-state index is 5.73. The first-order chi connectivity index (χ1) is 5.36. The molecule has 1 saturated heterocycles. The van der Waals surface area contributed by atoms with Gasteiger partial charge in [0.2, 0.25) is 0 Å². The van der Waals surface area contributed by atoms with Gasteiger partial charge in [0.1, 0.15) is 0 Å². The molecule has 62 valence electrons. The standard InChI is InChI=1S/C10H16O/c1-8-6-9-4-2-3-5-10(9)11-7-8/h4,8,10H,2-3,5-7H2,1H3. The van der Waals surface area contributed by atoms with Crippen LogP contribution in [0.25, 0.3) is 0 Å². The lowest BCUT2D eigenvalue weighted by atomic mass is 9.87. The summed E-state index contributed by atoms with van der Waals surface area (Å²) in [6.45, 7) is 3.24. The summed E-state index contributed by atoms with van der Waals surface area (Å²) in [5, 5.41) is 0. The SMILES string of the molecule is CC1COC2CCCC=C2C1. The van der Waals surface area contributed by atoms with Crippen LogP contribution >= 0.6 is 0 Å². The van der Waals surface area contributed by atoms with Gasteiger partial charge in [0, 0.05) is 0 Å². The van der Waals surface area contributed by atoms with E-state index in [9.17, 15) is 0 Å². The third-order valence-corrected chi connectivity index (χ3v) is 2.66. The summed E-state index contributed by atoms with van der Waals surface area (Å²) in [6, 6.07) is 0. The minimum absolute atomic E-state index is 0.500. The Morgan fingerprint density at radius 3 is 3.36 bits per heavy atom. The third kappa shape index (κ3) is 1.48. The fraction of sp³-hybridized carbons (Fsp3) is 0.800. The molecule has 2 atom stereocenters. The van der Waals surface area contributed by atoms with Crippen LogP contribution in [0.3, 0.4) is 0 Å². The minimum atomic E-state index is 0.500. The summed E-state index contributed by atoms with van der Waals surface area (Å²) in [6.07, 6.45) is 8.04. The van der Waals surface area contributed by atoms with E-state index in [2.05, 4.69) is 13.0 Å². The maximum atomic E-state index is 5.73. The zero-order chi connectivity index (χ0) is 7.68. The monoisotopic (exact) mass is 152 g/mol. The van der Waals surface area contributed by atoms with E-state index >= 15 is 0 Å². The highest BCUT2D eigenvalue weighted by Crippen LogP contribution is 2.30. The van der Waals surface area contributed by atoms with Crippen LogP contribution in [-0.4, -0.2) is 12.7 Å². The lowest BCUT2D eigenvalue weighted by Gasteiger charge is -2.32. The molecule has 1 heterocycles. The largest absolute Gasteiger partial charge is 0.374 e. The molecule has 1 aliphatic carbocycles. The fourth-order valence-electron chi connectivity index (χ4n) is 2.05. The molecule has 1 heteroatoms. The predicted molar refractivity (Wildman–Crippen MR) is 45.5 cm³/mol. The first-order valence-electron chi connectivity index (χ1n) is 4.67. The van der Waals surface area contributed by atoms with E-state index in [-0.39, 0.29) is 0 Å². The highest BCUT2D eigenvalue weighted by atomic mass is 16.5. The molecular formula is C10H16O. The van der Waals surface area contributed by atoms with E-state index in [4.69, 9.17) is 4.74 Å². The van der Waals surface area contributed by atoms with Gasteiger partial charge < -0.3 is 4.74 Å². The third-order valence-electron chi connectivity index (χ3n) is 2.66. The van der Waals surface area contributed by atoms with Crippen LogP contribution in [0.5, 0.6) is 0 Å². The van der Waals surface area contributed by atoms with Crippen LogP contribution in [0, 0.1) is 5.92 Å². The zero-order valence-corrected chi connectivity index (χ0v) is 7.18. The molecule has 0 saturated carbocycles. The van der Waals surface area contributed by atoms with Gasteiger partial charge in [-0.3, -0.25) is 0 Å². The Hall–Kier alpha value is -0.300. The van der Waals surface area contributed by atoms with E-state index in [0.717, 1.165) is 12.5 Å². The van der Waals surface area contributed by atoms with Gasteiger partial charge in [0.05, 0.1) is 12.7 Å². The average Bonchev–Trinajstić information content (AvgIpc) is 2.04. The van der Waals surface area contributed by atoms with Crippen molar-refractivity contribution in [2.45, 2.75) is 38.7 Å². The van der Waals surface area contributed by atoms with Crippen molar-refractivity contribution in [3.05, 3.63) is 11.6 Å². The van der Waals surface area contributed by atoms with Gasteiger partial charge >= 0.3 is 0 Å². The average molecular weight is 152 g/mol. The first-order valence-corrected chi connectivity index (χ1v) is 4.67. The van der Waals surface area contributed by atoms with Crippen molar-refractivity contribution in [2.75, 3.05) is 6.61 Å². The summed E-state index contributed by atoms with van der Waals surface area (Å²) < 4.78 is 5.73. The van der Waals surface area contributed by atoms with Crippen molar-refractivity contribution < 1.29 is 4.74 Å². The Kier molecular flexibility index (Phi) is 1.99. The molecule has 11 heavy (non-hydrogen) atoms. The van der Waals surface area contributed by atoms with Crippen molar-refractivity contribution >= 4 is 0 Å². The van der Waals surface area contributed by atoms with E-state index in [1.807, 2.05) is 0 Å². The van der Waals surface area contributed by atoms with Crippen molar-refractivity contribution in [3.8, 4) is 0 Å². The number of allylic oxidation sites excluding steroid dienone is 1. The van der Waals surface area contributed by atoms with Crippen LogP contribution < -0.4 is 0 Å². The molecule has 1 fully saturated rings. The molecule has 0 N–H and O–H groups in total. The molecule has 1 nitrogen and oxygen atoms in total. The van der Waals surface area contributed by atoms with E-state index in [0.29, 0.717) is 6.10 Å². The van der Waals surface area contributed by atoms with E-state index < -0.39 is 0 Å². The summed E-state index contributed by atoms with van der Waals surface area (Å²) in [7, 11) is 0. The van der Waals surface area contributed by atoms with Crippen LogP contribution in [0.15, 0.2) is 11.6 Å². The molecule has 2 unspecified atom stereocenters. The van der Waals surface area contributed by atoms with Crippen LogP contribution in [-0.2, 0) is 4.74 Å². The first kappa shape index (κ1) is 7.35. The molecule has 0 radical (unpaired) electrons. The highest BCUT2D eigenvalue weighted by molar-refractivity contribution is 5.13. The molecule has 0 spiro atoms. The Morgan fingerprint density at radius 1 is 1.55 bits per heavy atom. The number of rotatable bonds is 0. The van der Waals surface area contributed by atoms with Gasteiger partial charge in [-0.2, -0.15) is 0 Å². The van der Waals surface area contributed by atoms with Crippen LogP contribution in [0.2, 0.25) is 0 Å². The van der Waals surface area contributed by atoms with Crippen LogP contribution in [0.4, 0.5) is 0 Å². The number of hydrogen-bond donors (Lipinski definition) is 0. The molecule has 0 aromatic rings. The topological polar surface area (TPSA) is 9.23 Å². The normalized spacial score (nSPS) is 37.7. The second-order valence-corrected chi connectivity index (χ2v) is 3.84. The quantitative estimate of drug-likeness (QED) is 0.485. The van der Waals surface area contributed by atoms with Crippen molar-refractivity contribution in [3.63, 3.8) is 0 Å². The van der Waals surface area contributed by atoms with Gasteiger partial charge in [0.15, 0.2) is 0 Å². The highest BCUT2D eigenvalue weighted by Gasteiger charge is 2.24. The lowest BCUT2D eigenvalue weighted by molar-refractivity contribution is 0.0171. The molecule has 2 aliphatic rings. The number of ether oxygens (including phenoxy) is 1. The molecule has 0 amide bonds. The minimum Gasteiger partial charge on any atom is -0.374 e. The number of fused-ring (bicyclic) bond motifs is 1. The van der Waals surface area contributed by atoms with Crippen molar-refractivity contribution in [2.24, 2.45) is 5.92 Å². The van der Waals surface area contributed by atoms with Gasteiger partial charge in [-0.1, -0.05) is 13.0 Å². The molecule has 1 aliphatic heterocycles. The van der Waals surface area contributed by atoms with Crippen LogP contribution in [0.1, 0.15) is 32.6 Å². The van der Waals surface area contributed by atoms with Gasteiger partial charge in [-0.25, -0.2) is 0 Å². The van der Waals surface area contributed by atoms with E-state index in [1.165, 1.54) is 25.7 Å². The van der Waals surface area contributed by atoms with E-state index in [1.54, 1.807) is 5.57 Å². The summed E-state index contributed by atoms with van der Waals surface area (Å²) >= 11 is 0. The summed E-state index contributed by atoms with van der Waals surface area (Å²) in [5.41, 5.74) is 1.58. The molecule has 0 aromatic carbocycles. The van der Waals surface area contributed by atoms with Crippen molar-refractivity contribution in [1.82, 2.24) is 0 Å². The molecule has 0 bridgehead atoms. The van der Waals surface area contributed by atoms with Crippen molar-refractivity contribution in [1.29, 1.82) is 0 Å². The predicted octanol–water partition coefficient (Wildman–Crippen LogP) is 2.52. The van der Waals surface area contributed by atoms with Gasteiger partial charge in [0.25, 0.3) is 0 Å². The molecule has 0 aromatic heterocycles. The lowest BCUT2D eigenvalue weighted by Crippen LogP contribution is -2.28. The second-order valence-electron chi connectivity index (χ2n) is 3.84. The van der Waals surface area contributed by atoms with Gasteiger partial charge in [-0.15, -0.1) is 0 Å². The Balaban J connectivity index is 2.07. The Morgan fingerprint density at radius 2 is 2.45 bits per heavy atom. The summed E-state index contributed by atoms with van der Waals surface area (Å²) in [4.78, 5) is 0. The molecule has 2 rings (SSSR count). The second kappa shape index (κ2) is 2.98. The zero-order valence-electron chi connectivity index (χ0n) is 7.18. The summed E-state index contributed by atoms with van der Waals surface area (Å²) in [5.74, 6) is 0.746.